The van der Waals surface area contributed by atoms with Crippen molar-refractivity contribution in [3.8, 4) is 5.95 Å². The van der Waals surface area contributed by atoms with Gasteiger partial charge in [0.1, 0.15) is 5.82 Å². The first-order valence-electron chi connectivity index (χ1n) is 9.24. The highest BCUT2D eigenvalue weighted by Gasteiger charge is 2.14. The number of amides is 1. The first-order chi connectivity index (χ1) is 14.4. The van der Waals surface area contributed by atoms with Gasteiger partial charge >= 0.3 is 7.12 Å². The van der Waals surface area contributed by atoms with Crippen molar-refractivity contribution in [2.45, 2.75) is 13.5 Å². The second-order valence-corrected chi connectivity index (χ2v) is 6.83. The molecule has 10 heteroatoms. The molecule has 30 heavy (non-hydrogen) atoms. The quantitative estimate of drug-likeness (QED) is 0.345. The summed E-state index contributed by atoms with van der Waals surface area (Å²) in [4.78, 5) is 20.7. The normalized spacial score (nSPS) is 10.9. The lowest BCUT2D eigenvalue weighted by Crippen LogP contribution is -2.30. The molecule has 0 saturated heterocycles. The standard InChI is InChI=1S/C20H19BN6O3/c1-12-8-18(23-10-13-4-2-5-14(9-13)21(29)30)26-20(25-12)27-17-7-3-6-15(19(22)28)16(17)11-24-27/h2-9,11,29-30H,10H2,1H3,(H2,22,28)(H,23,25,26). The van der Waals surface area contributed by atoms with Crippen LogP contribution in [-0.4, -0.2) is 42.8 Å². The number of nitrogens with zero attached hydrogens (tertiary/aromatic N) is 4. The number of nitrogens with one attached hydrogen (secondary N) is 1. The molecule has 2 heterocycles. The highest BCUT2D eigenvalue weighted by atomic mass is 16.4. The Morgan fingerprint density at radius 1 is 1.17 bits per heavy atom. The van der Waals surface area contributed by atoms with Gasteiger partial charge in [0, 0.05) is 23.7 Å². The van der Waals surface area contributed by atoms with E-state index in [1.165, 1.54) is 0 Å². The molecular weight excluding hydrogens is 383 g/mol. The summed E-state index contributed by atoms with van der Waals surface area (Å²) in [7, 11) is -1.52. The van der Waals surface area contributed by atoms with E-state index in [0.29, 0.717) is 40.2 Å². The van der Waals surface area contributed by atoms with Crippen LogP contribution in [0.4, 0.5) is 5.82 Å². The van der Waals surface area contributed by atoms with Gasteiger partial charge in [0.05, 0.1) is 17.3 Å². The molecular formula is C20H19BN6O3. The lowest BCUT2D eigenvalue weighted by molar-refractivity contribution is 0.100. The second kappa shape index (κ2) is 7.93. The largest absolute Gasteiger partial charge is 0.488 e. The van der Waals surface area contributed by atoms with E-state index in [1.807, 2.05) is 19.1 Å². The third kappa shape index (κ3) is 3.86. The molecule has 2 aromatic heterocycles. The Kier molecular flexibility index (Phi) is 5.17. The fourth-order valence-corrected chi connectivity index (χ4v) is 3.22. The minimum atomic E-state index is -1.52. The maximum absolute atomic E-state index is 11.7. The Morgan fingerprint density at radius 2 is 1.97 bits per heavy atom. The highest BCUT2D eigenvalue weighted by Crippen LogP contribution is 2.21. The number of benzene rings is 2. The minimum absolute atomic E-state index is 0.355. The molecule has 0 aliphatic rings. The van der Waals surface area contributed by atoms with Gasteiger partial charge in [0.2, 0.25) is 5.91 Å². The minimum Gasteiger partial charge on any atom is -0.423 e. The van der Waals surface area contributed by atoms with Crippen LogP contribution in [0.3, 0.4) is 0 Å². The molecule has 9 nitrogen and oxygen atoms in total. The Bertz CT molecular complexity index is 1240. The van der Waals surface area contributed by atoms with Crippen LogP contribution < -0.4 is 16.5 Å². The molecule has 5 N–H and O–H groups in total. The number of hydrogen-bond donors (Lipinski definition) is 4. The number of carbonyl (C=O) groups excluding carboxylic acids is 1. The number of anilines is 1. The maximum Gasteiger partial charge on any atom is 0.488 e. The van der Waals surface area contributed by atoms with Crippen molar-refractivity contribution in [3.05, 3.63) is 71.5 Å². The zero-order chi connectivity index (χ0) is 21.3. The number of hydrogen-bond acceptors (Lipinski definition) is 7. The number of primary amides is 1. The summed E-state index contributed by atoms with van der Waals surface area (Å²) in [6.45, 7) is 2.28. The Labute approximate surface area is 172 Å². The molecule has 0 fully saturated rings. The second-order valence-electron chi connectivity index (χ2n) is 6.83. The molecule has 0 bridgehead atoms. The van der Waals surface area contributed by atoms with Gasteiger partial charge in [0.25, 0.3) is 5.95 Å². The summed E-state index contributed by atoms with van der Waals surface area (Å²) in [6.07, 6.45) is 1.57. The predicted octanol–water partition coefficient (Wildman–Crippen LogP) is 0.515. The molecule has 0 aliphatic carbocycles. The first kappa shape index (κ1) is 19.6. The molecule has 2 aromatic carbocycles. The van der Waals surface area contributed by atoms with Gasteiger partial charge in [-0.3, -0.25) is 4.79 Å². The van der Waals surface area contributed by atoms with Crippen molar-refractivity contribution >= 4 is 35.2 Å². The van der Waals surface area contributed by atoms with Crippen molar-refractivity contribution in [3.63, 3.8) is 0 Å². The molecule has 0 unspecified atom stereocenters. The molecule has 150 valence electrons. The third-order valence-electron chi connectivity index (χ3n) is 4.63. The Morgan fingerprint density at radius 3 is 2.73 bits per heavy atom. The number of carbonyl (C=O) groups is 1. The van der Waals surface area contributed by atoms with Gasteiger partial charge in [-0.2, -0.15) is 14.8 Å². The van der Waals surface area contributed by atoms with E-state index in [1.54, 1.807) is 47.3 Å². The topological polar surface area (TPSA) is 139 Å². The summed E-state index contributed by atoms with van der Waals surface area (Å²) >= 11 is 0. The molecule has 0 spiro atoms. The number of rotatable bonds is 6. The smallest absolute Gasteiger partial charge is 0.423 e. The van der Waals surface area contributed by atoms with Crippen molar-refractivity contribution in [1.29, 1.82) is 0 Å². The average molecular weight is 402 g/mol. The lowest BCUT2D eigenvalue weighted by Gasteiger charge is -2.10. The van der Waals surface area contributed by atoms with Crippen molar-refractivity contribution in [2.75, 3.05) is 5.32 Å². The van der Waals surface area contributed by atoms with Crippen molar-refractivity contribution in [2.24, 2.45) is 5.73 Å². The molecule has 0 saturated carbocycles. The van der Waals surface area contributed by atoms with Crippen LogP contribution in [0.5, 0.6) is 0 Å². The fourth-order valence-electron chi connectivity index (χ4n) is 3.22. The van der Waals surface area contributed by atoms with E-state index in [0.717, 1.165) is 11.3 Å². The van der Waals surface area contributed by atoms with Gasteiger partial charge in [-0.25, -0.2) is 4.98 Å². The molecule has 4 rings (SSSR count). The Balaban J connectivity index is 1.64. The number of nitrogens with two attached hydrogens (primary N) is 1. The summed E-state index contributed by atoms with van der Waals surface area (Å²) in [5.74, 6) is 0.415. The van der Waals surface area contributed by atoms with Gasteiger partial charge < -0.3 is 21.1 Å². The maximum atomic E-state index is 11.7. The van der Waals surface area contributed by atoms with Crippen LogP contribution in [-0.2, 0) is 6.54 Å². The average Bonchev–Trinajstić information content (AvgIpc) is 3.16. The predicted molar refractivity (Wildman–Crippen MR) is 114 cm³/mol. The van der Waals surface area contributed by atoms with Gasteiger partial charge in [0.15, 0.2) is 0 Å². The van der Waals surface area contributed by atoms with Crippen LogP contribution in [0.1, 0.15) is 21.6 Å². The lowest BCUT2D eigenvalue weighted by atomic mass is 9.80. The van der Waals surface area contributed by atoms with E-state index in [2.05, 4.69) is 20.4 Å². The molecule has 1 amide bonds. The zero-order valence-corrected chi connectivity index (χ0v) is 16.1. The summed E-state index contributed by atoms with van der Waals surface area (Å²) < 4.78 is 1.56. The number of aromatic nitrogens is 4. The number of fused-ring (bicyclic) bond motifs is 1. The molecule has 0 aliphatic heterocycles. The Hall–Kier alpha value is -3.76. The molecule has 0 atom stereocenters. The zero-order valence-electron chi connectivity index (χ0n) is 16.1. The van der Waals surface area contributed by atoms with Crippen LogP contribution in [0.15, 0.2) is 54.7 Å². The van der Waals surface area contributed by atoms with Gasteiger partial charge in [-0.1, -0.05) is 30.3 Å². The van der Waals surface area contributed by atoms with Crippen LogP contribution in [0, 0.1) is 6.92 Å². The third-order valence-corrected chi connectivity index (χ3v) is 4.63. The monoisotopic (exact) mass is 402 g/mol. The van der Waals surface area contributed by atoms with Gasteiger partial charge in [-0.05, 0) is 30.1 Å². The van der Waals surface area contributed by atoms with Crippen molar-refractivity contribution < 1.29 is 14.8 Å². The summed E-state index contributed by atoms with van der Waals surface area (Å²) in [5.41, 5.74) is 8.53. The van der Waals surface area contributed by atoms with Crippen molar-refractivity contribution in [1.82, 2.24) is 19.7 Å². The SMILES string of the molecule is Cc1cc(NCc2cccc(B(O)O)c2)nc(-n2ncc3c(C(N)=O)cccc32)n1. The molecule has 0 radical (unpaired) electrons. The van der Waals surface area contributed by atoms with E-state index >= 15 is 0 Å². The van der Waals surface area contributed by atoms with E-state index in [9.17, 15) is 14.8 Å². The van der Waals surface area contributed by atoms with Gasteiger partial charge in [-0.15, -0.1) is 0 Å². The van der Waals surface area contributed by atoms with Crippen LogP contribution >= 0.6 is 0 Å². The number of aryl methyl sites for hydroxylation is 1. The van der Waals surface area contributed by atoms with E-state index in [4.69, 9.17) is 5.73 Å². The highest BCUT2D eigenvalue weighted by molar-refractivity contribution is 6.58. The fraction of sp³-hybridized carbons (Fsp3) is 0.100. The first-order valence-corrected chi connectivity index (χ1v) is 9.24. The summed E-state index contributed by atoms with van der Waals surface area (Å²) in [5, 5.41) is 26.8. The van der Waals surface area contributed by atoms with E-state index < -0.39 is 13.0 Å². The van der Waals surface area contributed by atoms with Crippen LogP contribution in [0.25, 0.3) is 16.9 Å². The summed E-state index contributed by atoms with van der Waals surface area (Å²) in [6, 6.07) is 14.0. The van der Waals surface area contributed by atoms with Crippen LogP contribution in [0.2, 0.25) is 0 Å². The molecule has 4 aromatic rings. The van der Waals surface area contributed by atoms with E-state index in [-0.39, 0.29) is 0 Å².